The summed E-state index contributed by atoms with van der Waals surface area (Å²) in [6.07, 6.45) is 4.87. The molecule has 0 radical (unpaired) electrons. The van der Waals surface area contributed by atoms with Crippen molar-refractivity contribution in [1.82, 2.24) is 5.32 Å². The highest BCUT2D eigenvalue weighted by Crippen LogP contribution is 2.18. The fourth-order valence-electron chi connectivity index (χ4n) is 1.29. The van der Waals surface area contributed by atoms with Crippen molar-refractivity contribution in [1.29, 1.82) is 0 Å². The molecule has 0 atom stereocenters. The first-order valence-electron chi connectivity index (χ1n) is 5.06. The zero-order valence-electron chi connectivity index (χ0n) is 8.60. The molecule has 0 aromatic carbocycles. The SMILES string of the molecule is CC(C)(N)CCC(=O)NC1CCC1. The highest BCUT2D eigenvalue weighted by Gasteiger charge is 2.20. The van der Waals surface area contributed by atoms with Gasteiger partial charge in [0, 0.05) is 18.0 Å². The molecule has 0 spiro atoms. The van der Waals surface area contributed by atoms with E-state index < -0.39 is 0 Å². The van der Waals surface area contributed by atoms with Crippen molar-refractivity contribution in [2.75, 3.05) is 0 Å². The molecule has 0 saturated heterocycles. The predicted octanol–water partition coefficient (Wildman–Crippen LogP) is 1.17. The Labute approximate surface area is 80.1 Å². The van der Waals surface area contributed by atoms with Crippen LogP contribution in [0.2, 0.25) is 0 Å². The Balaban J connectivity index is 2.10. The number of hydrogen-bond donors (Lipinski definition) is 2. The van der Waals surface area contributed by atoms with Crippen LogP contribution in [0.15, 0.2) is 0 Å². The number of nitrogens with one attached hydrogen (secondary N) is 1. The van der Waals surface area contributed by atoms with Crippen molar-refractivity contribution < 1.29 is 4.79 Å². The number of nitrogens with two attached hydrogens (primary N) is 1. The fraction of sp³-hybridized carbons (Fsp3) is 0.900. The van der Waals surface area contributed by atoms with E-state index in [9.17, 15) is 4.79 Å². The molecule has 1 rings (SSSR count). The van der Waals surface area contributed by atoms with Crippen LogP contribution in [0.5, 0.6) is 0 Å². The van der Waals surface area contributed by atoms with Gasteiger partial charge >= 0.3 is 0 Å². The molecule has 3 N–H and O–H groups in total. The summed E-state index contributed by atoms with van der Waals surface area (Å²) in [5, 5.41) is 2.99. The Bertz CT molecular complexity index is 180. The summed E-state index contributed by atoms with van der Waals surface area (Å²) in [7, 11) is 0. The summed E-state index contributed by atoms with van der Waals surface area (Å²) in [6, 6.07) is 0.452. The highest BCUT2D eigenvalue weighted by molar-refractivity contribution is 5.76. The normalized spacial score (nSPS) is 18.1. The fourth-order valence-corrected chi connectivity index (χ4v) is 1.29. The van der Waals surface area contributed by atoms with Crippen molar-refractivity contribution in [3.63, 3.8) is 0 Å². The first-order valence-corrected chi connectivity index (χ1v) is 5.06. The second kappa shape index (κ2) is 4.09. The maximum absolute atomic E-state index is 11.3. The highest BCUT2D eigenvalue weighted by atomic mass is 16.1. The lowest BCUT2D eigenvalue weighted by molar-refractivity contribution is -0.122. The smallest absolute Gasteiger partial charge is 0.220 e. The molecule has 3 heteroatoms. The molecule has 0 aromatic rings. The van der Waals surface area contributed by atoms with Crippen LogP contribution in [0.1, 0.15) is 46.0 Å². The summed E-state index contributed by atoms with van der Waals surface area (Å²) in [5.41, 5.74) is 5.56. The second-order valence-electron chi connectivity index (χ2n) is 4.68. The zero-order valence-corrected chi connectivity index (χ0v) is 8.60. The molecule has 1 aliphatic rings. The van der Waals surface area contributed by atoms with Crippen LogP contribution >= 0.6 is 0 Å². The Morgan fingerprint density at radius 1 is 1.54 bits per heavy atom. The summed E-state index contributed by atoms with van der Waals surface area (Å²) < 4.78 is 0. The van der Waals surface area contributed by atoms with Crippen LogP contribution in [0.25, 0.3) is 0 Å². The topological polar surface area (TPSA) is 55.1 Å². The van der Waals surface area contributed by atoms with Crippen LogP contribution in [-0.4, -0.2) is 17.5 Å². The van der Waals surface area contributed by atoms with Crippen LogP contribution in [0, 0.1) is 0 Å². The largest absolute Gasteiger partial charge is 0.353 e. The number of carbonyl (C=O) groups is 1. The predicted molar refractivity (Wildman–Crippen MR) is 53.3 cm³/mol. The summed E-state index contributed by atoms with van der Waals surface area (Å²) in [4.78, 5) is 11.3. The molecule has 13 heavy (non-hydrogen) atoms. The zero-order chi connectivity index (χ0) is 9.90. The van der Waals surface area contributed by atoms with Gasteiger partial charge in [0.15, 0.2) is 0 Å². The maximum atomic E-state index is 11.3. The van der Waals surface area contributed by atoms with E-state index >= 15 is 0 Å². The molecule has 3 nitrogen and oxygen atoms in total. The monoisotopic (exact) mass is 184 g/mol. The van der Waals surface area contributed by atoms with Crippen molar-refractivity contribution in [2.45, 2.75) is 57.5 Å². The van der Waals surface area contributed by atoms with Crippen LogP contribution in [0.3, 0.4) is 0 Å². The first-order chi connectivity index (χ1) is 5.97. The van der Waals surface area contributed by atoms with Gasteiger partial charge in [0.1, 0.15) is 0 Å². The molecule has 1 saturated carbocycles. The molecule has 1 aliphatic carbocycles. The molecule has 0 aromatic heterocycles. The van der Waals surface area contributed by atoms with Crippen LogP contribution in [-0.2, 0) is 4.79 Å². The van der Waals surface area contributed by atoms with E-state index in [1.165, 1.54) is 6.42 Å². The Morgan fingerprint density at radius 2 is 2.15 bits per heavy atom. The Morgan fingerprint density at radius 3 is 2.54 bits per heavy atom. The van der Waals surface area contributed by atoms with Gasteiger partial charge in [-0.15, -0.1) is 0 Å². The third-order valence-corrected chi connectivity index (χ3v) is 2.47. The van der Waals surface area contributed by atoms with Crippen LogP contribution in [0.4, 0.5) is 0 Å². The third kappa shape index (κ3) is 4.27. The van der Waals surface area contributed by atoms with Gasteiger partial charge in [-0.2, -0.15) is 0 Å². The minimum Gasteiger partial charge on any atom is -0.353 e. The van der Waals surface area contributed by atoms with E-state index in [-0.39, 0.29) is 11.4 Å². The molecule has 1 amide bonds. The lowest BCUT2D eigenvalue weighted by Gasteiger charge is -2.27. The van der Waals surface area contributed by atoms with E-state index in [1.54, 1.807) is 0 Å². The van der Waals surface area contributed by atoms with Crippen LogP contribution < -0.4 is 11.1 Å². The quantitative estimate of drug-likeness (QED) is 0.689. The van der Waals surface area contributed by atoms with E-state index in [0.29, 0.717) is 12.5 Å². The summed E-state index contributed by atoms with van der Waals surface area (Å²) >= 11 is 0. The van der Waals surface area contributed by atoms with Gasteiger partial charge in [-0.1, -0.05) is 0 Å². The average Bonchev–Trinajstić information content (AvgIpc) is 1.91. The number of amides is 1. The molecule has 0 bridgehead atoms. The Kier molecular flexibility index (Phi) is 3.31. The lowest BCUT2D eigenvalue weighted by Crippen LogP contribution is -2.41. The van der Waals surface area contributed by atoms with E-state index in [1.807, 2.05) is 13.8 Å². The third-order valence-electron chi connectivity index (χ3n) is 2.47. The van der Waals surface area contributed by atoms with Crippen molar-refractivity contribution >= 4 is 5.91 Å². The number of hydrogen-bond acceptors (Lipinski definition) is 2. The van der Waals surface area contributed by atoms with E-state index in [0.717, 1.165) is 19.3 Å². The standard InChI is InChI=1S/C10H20N2O/c1-10(2,11)7-6-9(13)12-8-4-3-5-8/h8H,3-7,11H2,1-2H3,(H,12,13). The van der Waals surface area contributed by atoms with Gasteiger partial charge < -0.3 is 11.1 Å². The minimum absolute atomic E-state index is 0.156. The lowest BCUT2D eigenvalue weighted by atomic mass is 9.92. The van der Waals surface area contributed by atoms with Gasteiger partial charge in [0.2, 0.25) is 5.91 Å². The average molecular weight is 184 g/mol. The van der Waals surface area contributed by atoms with Crippen molar-refractivity contribution in [2.24, 2.45) is 5.73 Å². The maximum Gasteiger partial charge on any atom is 0.220 e. The molecule has 0 aliphatic heterocycles. The minimum atomic E-state index is -0.225. The van der Waals surface area contributed by atoms with E-state index in [2.05, 4.69) is 5.32 Å². The van der Waals surface area contributed by atoms with Crippen molar-refractivity contribution in [3.8, 4) is 0 Å². The molecule has 0 heterocycles. The van der Waals surface area contributed by atoms with Gasteiger partial charge in [-0.25, -0.2) is 0 Å². The Hall–Kier alpha value is -0.570. The van der Waals surface area contributed by atoms with Gasteiger partial charge in [-0.05, 0) is 39.5 Å². The summed E-state index contributed by atoms with van der Waals surface area (Å²) in [6.45, 7) is 3.90. The second-order valence-corrected chi connectivity index (χ2v) is 4.68. The first kappa shape index (κ1) is 10.5. The molecule has 76 valence electrons. The van der Waals surface area contributed by atoms with Gasteiger partial charge in [0.05, 0.1) is 0 Å². The summed E-state index contributed by atoms with van der Waals surface area (Å²) in [5.74, 6) is 0.156. The van der Waals surface area contributed by atoms with E-state index in [4.69, 9.17) is 5.73 Å². The molecular formula is C10H20N2O. The van der Waals surface area contributed by atoms with Crippen molar-refractivity contribution in [3.05, 3.63) is 0 Å². The molecule has 1 fully saturated rings. The molecule has 0 unspecified atom stereocenters. The van der Waals surface area contributed by atoms with Gasteiger partial charge in [-0.3, -0.25) is 4.79 Å². The number of carbonyl (C=O) groups excluding carboxylic acids is 1. The van der Waals surface area contributed by atoms with Gasteiger partial charge in [0.25, 0.3) is 0 Å². The number of rotatable bonds is 4. The molecular weight excluding hydrogens is 164 g/mol.